The van der Waals surface area contributed by atoms with Crippen molar-refractivity contribution in [1.29, 1.82) is 0 Å². The van der Waals surface area contributed by atoms with E-state index in [2.05, 4.69) is 10.6 Å². The molecule has 1 aromatic rings. The number of nitrogens with zero attached hydrogens (tertiary/aromatic N) is 1. The number of thiocarbonyl (C=S) groups is 1. The Morgan fingerprint density at radius 1 is 1.41 bits per heavy atom. The summed E-state index contributed by atoms with van der Waals surface area (Å²) in [6, 6.07) is 6.28. The molecule has 0 aliphatic carbocycles. The number of ether oxygens (including phenoxy) is 1. The molecule has 0 aromatic heterocycles. The summed E-state index contributed by atoms with van der Waals surface area (Å²) in [6.07, 6.45) is 4.41. The molecule has 1 saturated heterocycles. The lowest BCUT2D eigenvalue weighted by Gasteiger charge is -2.36. The van der Waals surface area contributed by atoms with E-state index in [-0.39, 0.29) is 17.4 Å². The SMILES string of the molecule is CCCCOC(=O)CC1C(=O)NCCN1C(=S)NC(=O)/C=C/c1ccccc1Cl. The first-order valence-electron chi connectivity index (χ1n) is 9.40. The molecule has 9 heteroatoms. The average molecular weight is 438 g/mol. The minimum atomic E-state index is -0.821. The van der Waals surface area contributed by atoms with Gasteiger partial charge >= 0.3 is 5.97 Å². The van der Waals surface area contributed by atoms with Gasteiger partial charge in [0.1, 0.15) is 6.04 Å². The molecule has 0 bridgehead atoms. The third-order valence-corrected chi connectivity index (χ3v) is 4.94. The Bertz CT molecular complexity index is 800. The minimum Gasteiger partial charge on any atom is -0.466 e. The molecule has 2 rings (SSSR count). The van der Waals surface area contributed by atoms with Gasteiger partial charge in [-0.1, -0.05) is 43.1 Å². The van der Waals surface area contributed by atoms with E-state index >= 15 is 0 Å². The topological polar surface area (TPSA) is 87.7 Å². The molecule has 7 nitrogen and oxygen atoms in total. The van der Waals surface area contributed by atoms with E-state index in [0.717, 1.165) is 12.8 Å². The fraction of sp³-hybridized carbons (Fsp3) is 0.400. The summed E-state index contributed by atoms with van der Waals surface area (Å²) in [6.45, 7) is 3.06. The van der Waals surface area contributed by atoms with Gasteiger partial charge in [0.25, 0.3) is 0 Å². The lowest BCUT2D eigenvalue weighted by Crippen LogP contribution is -2.60. The Hall–Kier alpha value is -2.45. The van der Waals surface area contributed by atoms with Gasteiger partial charge in [-0.25, -0.2) is 0 Å². The summed E-state index contributed by atoms with van der Waals surface area (Å²) in [5, 5.41) is 5.88. The standard InChI is InChI=1S/C20H24ClN3O4S/c1-2-3-12-28-18(26)13-16-19(27)22-10-11-24(16)20(29)23-17(25)9-8-14-6-4-5-7-15(14)21/h4-9,16H,2-3,10-13H2,1H3,(H,22,27)(H,23,25,29)/b9-8+. The zero-order valence-corrected chi connectivity index (χ0v) is 17.7. The maximum atomic E-state index is 12.2. The number of hydrogen-bond acceptors (Lipinski definition) is 5. The number of rotatable bonds is 7. The first kappa shape index (κ1) is 22.8. The largest absolute Gasteiger partial charge is 0.466 e. The van der Waals surface area contributed by atoms with Crippen molar-refractivity contribution in [2.45, 2.75) is 32.2 Å². The van der Waals surface area contributed by atoms with Gasteiger partial charge in [-0.3, -0.25) is 19.7 Å². The molecular formula is C20H24ClN3O4S. The number of nitrogens with one attached hydrogen (secondary N) is 2. The maximum absolute atomic E-state index is 12.2. The second-order valence-electron chi connectivity index (χ2n) is 6.43. The number of halogens is 1. The maximum Gasteiger partial charge on any atom is 0.308 e. The van der Waals surface area contributed by atoms with Gasteiger partial charge in [-0.05, 0) is 36.3 Å². The van der Waals surface area contributed by atoms with Crippen LogP contribution in [0.4, 0.5) is 0 Å². The lowest BCUT2D eigenvalue weighted by atomic mass is 10.1. The highest BCUT2D eigenvalue weighted by Gasteiger charge is 2.34. The second kappa shape index (κ2) is 11.5. The number of piperazine rings is 1. The number of amides is 2. The molecule has 1 unspecified atom stereocenters. The fourth-order valence-electron chi connectivity index (χ4n) is 2.70. The number of carbonyl (C=O) groups excluding carboxylic acids is 3. The first-order chi connectivity index (χ1) is 13.9. The normalized spacial score (nSPS) is 16.4. The molecule has 0 spiro atoms. The average Bonchev–Trinajstić information content (AvgIpc) is 2.69. The second-order valence-corrected chi connectivity index (χ2v) is 7.22. The Morgan fingerprint density at radius 3 is 2.90 bits per heavy atom. The third-order valence-electron chi connectivity index (χ3n) is 4.26. The van der Waals surface area contributed by atoms with Crippen LogP contribution < -0.4 is 10.6 Å². The zero-order valence-electron chi connectivity index (χ0n) is 16.2. The number of hydrogen-bond donors (Lipinski definition) is 2. The van der Waals surface area contributed by atoms with Crippen LogP contribution in [0.1, 0.15) is 31.7 Å². The Labute approximate surface area is 180 Å². The minimum absolute atomic E-state index is 0.0833. The molecule has 2 amide bonds. The van der Waals surface area contributed by atoms with Crippen molar-refractivity contribution >= 4 is 52.8 Å². The summed E-state index contributed by atoms with van der Waals surface area (Å²) in [4.78, 5) is 38.0. The van der Waals surface area contributed by atoms with Crippen molar-refractivity contribution in [3.05, 3.63) is 40.9 Å². The van der Waals surface area contributed by atoms with Gasteiger partial charge in [-0.15, -0.1) is 0 Å². The molecule has 1 aliphatic heterocycles. The summed E-state index contributed by atoms with van der Waals surface area (Å²) >= 11 is 11.4. The van der Waals surface area contributed by atoms with Crippen LogP contribution in [0, 0.1) is 0 Å². The summed E-state index contributed by atoms with van der Waals surface area (Å²) in [5.41, 5.74) is 0.695. The number of carbonyl (C=O) groups is 3. The molecule has 0 radical (unpaired) electrons. The van der Waals surface area contributed by atoms with E-state index in [4.69, 9.17) is 28.6 Å². The van der Waals surface area contributed by atoms with Gasteiger partial charge in [-0.2, -0.15) is 0 Å². The highest BCUT2D eigenvalue weighted by molar-refractivity contribution is 7.80. The highest BCUT2D eigenvalue weighted by Crippen LogP contribution is 2.16. The fourth-order valence-corrected chi connectivity index (χ4v) is 3.22. The van der Waals surface area contributed by atoms with Crippen LogP contribution in [0.3, 0.4) is 0 Å². The van der Waals surface area contributed by atoms with E-state index in [0.29, 0.717) is 30.3 Å². The molecular weight excluding hydrogens is 414 g/mol. The molecule has 1 aromatic carbocycles. The predicted octanol–water partition coefficient (Wildman–Crippen LogP) is 2.29. The lowest BCUT2D eigenvalue weighted by molar-refractivity contribution is -0.147. The Morgan fingerprint density at radius 2 is 2.17 bits per heavy atom. The van der Waals surface area contributed by atoms with Crippen LogP contribution in [0.15, 0.2) is 30.3 Å². The predicted molar refractivity (Wildman–Crippen MR) is 115 cm³/mol. The number of esters is 1. The Kier molecular flexibility index (Phi) is 9.08. The molecule has 1 atom stereocenters. The van der Waals surface area contributed by atoms with Crippen LogP contribution in [0.5, 0.6) is 0 Å². The summed E-state index contributed by atoms with van der Waals surface area (Å²) in [7, 11) is 0. The van der Waals surface area contributed by atoms with Crippen LogP contribution in [-0.4, -0.2) is 53.5 Å². The molecule has 29 heavy (non-hydrogen) atoms. The molecule has 0 saturated carbocycles. The smallest absolute Gasteiger partial charge is 0.308 e. The van der Waals surface area contributed by atoms with Crippen molar-refractivity contribution in [2.75, 3.05) is 19.7 Å². The number of benzene rings is 1. The van der Waals surface area contributed by atoms with E-state index in [1.54, 1.807) is 24.3 Å². The van der Waals surface area contributed by atoms with Crippen molar-refractivity contribution in [3.8, 4) is 0 Å². The van der Waals surface area contributed by atoms with Gasteiger partial charge in [0.05, 0.1) is 13.0 Å². The molecule has 2 N–H and O–H groups in total. The molecule has 1 heterocycles. The zero-order chi connectivity index (χ0) is 21.2. The number of unbranched alkanes of at least 4 members (excludes halogenated alkanes) is 1. The van der Waals surface area contributed by atoms with Gasteiger partial charge < -0.3 is 15.0 Å². The van der Waals surface area contributed by atoms with Crippen LogP contribution in [0.25, 0.3) is 6.08 Å². The van der Waals surface area contributed by atoms with Crippen molar-refractivity contribution in [3.63, 3.8) is 0 Å². The van der Waals surface area contributed by atoms with E-state index in [1.165, 1.54) is 11.0 Å². The van der Waals surface area contributed by atoms with Gasteiger partial charge in [0.15, 0.2) is 5.11 Å². The van der Waals surface area contributed by atoms with Crippen molar-refractivity contribution in [1.82, 2.24) is 15.5 Å². The van der Waals surface area contributed by atoms with Crippen LogP contribution in [-0.2, 0) is 19.1 Å². The summed E-state index contributed by atoms with van der Waals surface area (Å²) < 4.78 is 5.14. The van der Waals surface area contributed by atoms with E-state index < -0.39 is 17.9 Å². The van der Waals surface area contributed by atoms with E-state index in [1.807, 2.05) is 13.0 Å². The molecule has 1 fully saturated rings. The van der Waals surface area contributed by atoms with Gasteiger partial charge in [0, 0.05) is 24.2 Å². The quantitative estimate of drug-likeness (QED) is 0.294. The van der Waals surface area contributed by atoms with E-state index in [9.17, 15) is 14.4 Å². The first-order valence-corrected chi connectivity index (χ1v) is 10.2. The molecule has 156 valence electrons. The summed E-state index contributed by atoms with van der Waals surface area (Å²) in [5.74, 6) is -1.25. The van der Waals surface area contributed by atoms with Crippen LogP contribution in [0.2, 0.25) is 5.02 Å². The highest BCUT2D eigenvalue weighted by atomic mass is 35.5. The molecule has 1 aliphatic rings. The van der Waals surface area contributed by atoms with Gasteiger partial charge in [0.2, 0.25) is 11.8 Å². The van der Waals surface area contributed by atoms with Crippen molar-refractivity contribution in [2.24, 2.45) is 0 Å². The third kappa shape index (κ3) is 7.14. The monoisotopic (exact) mass is 437 g/mol. The Balaban J connectivity index is 1.97. The van der Waals surface area contributed by atoms with Crippen LogP contribution >= 0.6 is 23.8 Å². The van der Waals surface area contributed by atoms with Crippen molar-refractivity contribution < 1.29 is 19.1 Å².